The van der Waals surface area contributed by atoms with Crippen molar-refractivity contribution in [1.82, 2.24) is 9.80 Å². The summed E-state index contributed by atoms with van der Waals surface area (Å²) in [5, 5.41) is 0. The molecule has 3 fully saturated rings. The van der Waals surface area contributed by atoms with E-state index >= 15 is 0 Å². The van der Waals surface area contributed by atoms with Crippen molar-refractivity contribution in [1.29, 1.82) is 0 Å². The van der Waals surface area contributed by atoms with Crippen LogP contribution in [0.3, 0.4) is 0 Å². The quantitative estimate of drug-likeness (QED) is 0.866. The average Bonchev–Trinajstić information content (AvgIpc) is 2.93. The van der Waals surface area contributed by atoms with Gasteiger partial charge in [0, 0.05) is 44.7 Å². The molecule has 1 saturated heterocycles. The third-order valence-corrected chi connectivity index (χ3v) is 7.23. The molecule has 5 heteroatoms. The Balaban J connectivity index is 1.31. The van der Waals surface area contributed by atoms with Crippen LogP contribution in [0.5, 0.6) is 5.75 Å². The van der Waals surface area contributed by atoms with Crippen LogP contribution < -0.4 is 10.5 Å². The molecule has 2 bridgehead atoms. The molecule has 0 spiro atoms. The highest BCUT2D eigenvalue weighted by Crippen LogP contribution is 2.42. The molecule has 1 amide bonds. The van der Waals surface area contributed by atoms with Crippen molar-refractivity contribution >= 4 is 5.91 Å². The standard InChI is InChI=1S/C23H35N3O2/c1-28-21-8-6-17(7-9-21)16-25-10-3-11-26(13-12-25)23(27)20-14-18-4-2-5-19(15-20)22(18)24/h6-9,18-20,22H,2-5,10-16,24H2,1H3. The zero-order valence-electron chi connectivity index (χ0n) is 17.2. The molecular weight excluding hydrogens is 350 g/mol. The van der Waals surface area contributed by atoms with Gasteiger partial charge in [-0.15, -0.1) is 0 Å². The van der Waals surface area contributed by atoms with Crippen LogP contribution in [0.4, 0.5) is 0 Å². The van der Waals surface area contributed by atoms with E-state index in [2.05, 4.69) is 21.9 Å². The molecule has 2 aliphatic carbocycles. The predicted molar refractivity (Wildman–Crippen MR) is 111 cm³/mol. The number of hydrogen-bond donors (Lipinski definition) is 1. The second kappa shape index (κ2) is 8.83. The minimum Gasteiger partial charge on any atom is -0.497 e. The highest BCUT2D eigenvalue weighted by molar-refractivity contribution is 5.79. The molecule has 1 heterocycles. The SMILES string of the molecule is COc1ccc(CN2CCCN(C(=O)C3CC4CCCC(C3)C4N)CC2)cc1. The number of ether oxygens (including phenoxy) is 1. The van der Waals surface area contributed by atoms with Gasteiger partial charge in [0.25, 0.3) is 0 Å². The number of benzene rings is 1. The molecule has 28 heavy (non-hydrogen) atoms. The molecule has 1 aromatic carbocycles. The Morgan fingerprint density at radius 1 is 1.04 bits per heavy atom. The van der Waals surface area contributed by atoms with E-state index in [4.69, 9.17) is 10.5 Å². The minimum atomic E-state index is 0.211. The zero-order valence-corrected chi connectivity index (χ0v) is 17.2. The number of rotatable bonds is 4. The lowest BCUT2D eigenvalue weighted by molar-refractivity contribution is -0.138. The third-order valence-electron chi connectivity index (χ3n) is 7.23. The van der Waals surface area contributed by atoms with E-state index in [1.807, 2.05) is 12.1 Å². The summed E-state index contributed by atoms with van der Waals surface area (Å²) in [6.45, 7) is 4.70. The van der Waals surface area contributed by atoms with Crippen molar-refractivity contribution in [2.24, 2.45) is 23.5 Å². The zero-order chi connectivity index (χ0) is 19.5. The predicted octanol–water partition coefficient (Wildman–Crippen LogP) is 2.88. The van der Waals surface area contributed by atoms with Gasteiger partial charge in [0.1, 0.15) is 5.75 Å². The number of fused-ring (bicyclic) bond motifs is 2. The Morgan fingerprint density at radius 3 is 2.43 bits per heavy atom. The van der Waals surface area contributed by atoms with Crippen LogP contribution in [0.15, 0.2) is 24.3 Å². The van der Waals surface area contributed by atoms with Crippen molar-refractivity contribution in [3.63, 3.8) is 0 Å². The maximum Gasteiger partial charge on any atom is 0.225 e. The van der Waals surface area contributed by atoms with Crippen molar-refractivity contribution in [2.75, 3.05) is 33.3 Å². The van der Waals surface area contributed by atoms with Crippen LogP contribution in [-0.4, -0.2) is 55.0 Å². The van der Waals surface area contributed by atoms with Crippen LogP contribution >= 0.6 is 0 Å². The van der Waals surface area contributed by atoms with Crippen LogP contribution in [0.1, 0.15) is 44.1 Å². The number of amides is 1. The summed E-state index contributed by atoms with van der Waals surface area (Å²) in [4.78, 5) is 17.8. The lowest BCUT2D eigenvalue weighted by Gasteiger charge is -2.44. The van der Waals surface area contributed by atoms with E-state index < -0.39 is 0 Å². The number of hydrogen-bond acceptors (Lipinski definition) is 4. The Labute approximate surface area is 169 Å². The normalized spacial score (nSPS) is 31.3. The first-order valence-electron chi connectivity index (χ1n) is 11.0. The fourth-order valence-corrected chi connectivity index (χ4v) is 5.59. The molecule has 154 valence electrons. The van der Waals surface area contributed by atoms with Gasteiger partial charge in [0.05, 0.1) is 7.11 Å². The van der Waals surface area contributed by atoms with Crippen molar-refractivity contribution in [2.45, 2.75) is 51.1 Å². The molecule has 4 rings (SSSR count). The van der Waals surface area contributed by atoms with Crippen LogP contribution in [0, 0.1) is 17.8 Å². The molecule has 0 aromatic heterocycles. The number of carbonyl (C=O) groups excluding carboxylic acids is 1. The van der Waals surface area contributed by atoms with Crippen LogP contribution in [0.2, 0.25) is 0 Å². The van der Waals surface area contributed by atoms with Gasteiger partial charge < -0.3 is 15.4 Å². The molecule has 2 unspecified atom stereocenters. The molecular formula is C23H35N3O2. The van der Waals surface area contributed by atoms with Crippen LogP contribution in [0.25, 0.3) is 0 Å². The maximum absolute atomic E-state index is 13.2. The summed E-state index contributed by atoms with van der Waals surface area (Å²) in [6.07, 6.45) is 6.83. The summed E-state index contributed by atoms with van der Waals surface area (Å²) in [6, 6.07) is 8.65. The maximum atomic E-state index is 13.2. The molecule has 2 atom stereocenters. The third kappa shape index (κ3) is 4.36. The first-order valence-corrected chi connectivity index (χ1v) is 11.0. The van der Waals surface area contributed by atoms with E-state index in [0.717, 1.165) is 57.7 Å². The Bertz CT molecular complexity index is 648. The van der Waals surface area contributed by atoms with Gasteiger partial charge in [0.15, 0.2) is 0 Å². The first kappa shape index (κ1) is 19.7. The number of methoxy groups -OCH3 is 1. The fourth-order valence-electron chi connectivity index (χ4n) is 5.59. The largest absolute Gasteiger partial charge is 0.497 e. The molecule has 0 radical (unpaired) electrons. The van der Waals surface area contributed by atoms with Crippen molar-refractivity contribution in [3.05, 3.63) is 29.8 Å². The smallest absolute Gasteiger partial charge is 0.225 e. The second-order valence-electron chi connectivity index (χ2n) is 9.00. The van der Waals surface area contributed by atoms with Crippen molar-refractivity contribution in [3.8, 4) is 5.75 Å². The number of nitrogens with two attached hydrogens (primary N) is 1. The lowest BCUT2D eigenvalue weighted by Crippen LogP contribution is -2.50. The van der Waals surface area contributed by atoms with Gasteiger partial charge in [-0.25, -0.2) is 0 Å². The van der Waals surface area contributed by atoms with E-state index in [0.29, 0.717) is 23.8 Å². The molecule has 1 aliphatic heterocycles. The van der Waals surface area contributed by atoms with Gasteiger partial charge >= 0.3 is 0 Å². The first-order chi connectivity index (χ1) is 13.6. The van der Waals surface area contributed by atoms with Crippen molar-refractivity contribution < 1.29 is 9.53 Å². The monoisotopic (exact) mass is 385 g/mol. The Morgan fingerprint density at radius 2 is 1.75 bits per heavy atom. The molecule has 2 N–H and O–H groups in total. The number of nitrogens with zero attached hydrogens (tertiary/aromatic N) is 2. The summed E-state index contributed by atoms with van der Waals surface area (Å²) in [5.41, 5.74) is 7.72. The summed E-state index contributed by atoms with van der Waals surface area (Å²) >= 11 is 0. The minimum absolute atomic E-state index is 0.211. The van der Waals surface area contributed by atoms with E-state index in [9.17, 15) is 4.79 Å². The Kier molecular flexibility index (Phi) is 6.22. The molecule has 5 nitrogen and oxygen atoms in total. The summed E-state index contributed by atoms with van der Waals surface area (Å²) < 4.78 is 5.25. The molecule has 1 aromatic rings. The fraction of sp³-hybridized carbons (Fsp3) is 0.696. The van der Waals surface area contributed by atoms with E-state index in [1.54, 1.807) is 7.11 Å². The summed E-state index contributed by atoms with van der Waals surface area (Å²) in [7, 11) is 1.70. The van der Waals surface area contributed by atoms with E-state index in [-0.39, 0.29) is 5.92 Å². The average molecular weight is 386 g/mol. The lowest BCUT2D eigenvalue weighted by atomic mass is 9.65. The highest BCUT2D eigenvalue weighted by Gasteiger charge is 2.41. The summed E-state index contributed by atoms with van der Waals surface area (Å²) in [5.74, 6) is 2.65. The molecule has 3 aliphatic rings. The topological polar surface area (TPSA) is 58.8 Å². The number of carbonyl (C=O) groups is 1. The van der Waals surface area contributed by atoms with Gasteiger partial charge in [-0.05, 0) is 61.6 Å². The van der Waals surface area contributed by atoms with Crippen LogP contribution in [-0.2, 0) is 11.3 Å². The Hall–Kier alpha value is -1.59. The molecule has 2 saturated carbocycles. The van der Waals surface area contributed by atoms with Gasteiger partial charge in [-0.2, -0.15) is 0 Å². The van der Waals surface area contributed by atoms with E-state index in [1.165, 1.54) is 24.8 Å². The van der Waals surface area contributed by atoms with Gasteiger partial charge in [-0.3, -0.25) is 9.69 Å². The van der Waals surface area contributed by atoms with Gasteiger partial charge in [0.2, 0.25) is 5.91 Å². The van der Waals surface area contributed by atoms with Gasteiger partial charge in [-0.1, -0.05) is 18.6 Å². The highest BCUT2D eigenvalue weighted by atomic mass is 16.5. The second-order valence-corrected chi connectivity index (χ2v) is 9.00.